The van der Waals surface area contributed by atoms with E-state index in [-0.39, 0.29) is 19.1 Å². The molecule has 2 unspecified atom stereocenters. The van der Waals surface area contributed by atoms with E-state index in [2.05, 4.69) is 0 Å². The van der Waals surface area contributed by atoms with Gasteiger partial charge in [0.15, 0.2) is 43.1 Å². The average molecular weight is 390 g/mol. The number of fused-ring (bicyclic) bond motifs is 1. The zero-order valence-corrected chi connectivity index (χ0v) is 15.8. The fourth-order valence-electron chi connectivity index (χ4n) is 2.87. The second-order valence-electron chi connectivity index (χ2n) is 6.02. The molecule has 0 saturated heterocycles. The Morgan fingerprint density at radius 3 is 2.43 bits per heavy atom. The van der Waals surface area contributed by atoms with E-state index in [1.165, 1.54) is 21.3 Å². The molecule has 0 aliphatic carbocycles. The Morgan fingerprint density at radius 2 is 1.71 bits per heavy atom. The fraction of sp³-hybridized carbons (Fsp3) is 0.350. The van der Waals surface area contributed by atoms with Crippen molar-refractivity contribution in [3.63, 3.8) is 0 Å². The van der Waals surface area contributed by atoms with E-state index in [0.29, 0.717) is 28.6 Å². The molecule has 150 valence electrons. The van der Waals surface area contributed by atoms with Crippen LogP contribution in [0.15, 0.2) is 36.4 Å². The van der Waals surface area contributed by atoms with Crippen molar-refractivity contribution in [1.29, 1.82) is 0 Å². The zero-order valence-electron chi connectivity index (χ0n) is 15.8. The molecule has 8 heteroatoms. The van der Waals surface area contributed by atoms with Crippen LogP contribution < -0.4 is 18.9 Å². The average Bonchev–Trinajstić information content (AvgIpc) is 2.72. The lowest BCUT2D eigenvalue weighted by atomic mass is 9.93. The summed E-state index contributed by atoms with van der Waals surface area (Å²) in [6, 6.07) is 9.80. The Kier molecular flexibility index (Phi) is 6.35. The monoisotopic (exact) mass is 390 g/mol. The van der Waals surface area contributed by atoms with Gasteiger partial charge >= 0.3 is 0 Å². The summed E-state index contributed by atoms with van der Waals surface area (Å²) in [6.07, 6.45) is -2.27. The van der Waals surface area contributed by atoms with Crippen LogP contribution in [-0.4, -0.2) is 51.9 Å². The summed E-state index contributed by atoms with van der Waals surface area (Å²) in [4.78, 5) is 12.6. The van der Waals surface area contributed by atoms with Crippen molar-refractivity contribution in [3.8, 4) is 23.0 Å². The van der Waals surface area contributed by atoms with Gasteiger partial charge in [-0.1, -0.05) is 6.07 Å². The van der Waals surface area contributed by atoms with Crippen LogP contribution in [0.2, 0.25) is 0 Å². The molecule has 28 heavy (non-hydrogen) atoms. The molecule has 2 atom stereocenters. The molecule has 0 saturated carbocycles. The van der Waals surface area contributed by atoms with Crippen molar-refractivity contribution in [1.82, 2.24) is 0 Å². The molecule has 8 nitrogen and oxygen atoms in total. The van der Waals surface area contributed by atoms with E-state index < -0.39 is 18.0 Å². The SMILES string of the molecule is COCOc1ccc2c(c1)OC(c1ccc(OC)c(OCOC)c1)C(O)C2=O. The van der Waals surface area contributed by atoms with Crippen molar-refractivity contribution >= 4 is 5.78 Å². The number of methoxy groups -OCH3 is 3. The molecule has 3 rings (SSSR count). The summed E-state index contributed by atoms with van der Waals surface area (Å²) in [5.41, 5.74) is 0.847. The molecule has 0 fully saturated rings. The topological polar surface area (TPSA) is 92.7 Å². The number of carbonyl (C=O) groups is 1. The maximum atomic E-state index is 12.6. The van der Waals surface area contributed by atoms with Gasteiger partial charge in [-0.2, -0.15) is 0 Å². The minimum Gasteiger partial charge on any atom is -0.493 e. The van der Waals surface area contributed by atoms with Crippen LogP contribution in [-0.2, 0) is 9.47 Å². The first-order chi connectivity index (χ1) is 13.6. The van der Waals surface area contributed by atoms with Crippen LogP contribution in [0.1, 0.15) is 22.0 Å². The van der Waals surface area contributed by atoms with Crippen LogP contribution in [0, 0.1) is 0 Å². The number of Topliss-reactive ketones (excluding diaryl/α,β-unsaturated/α-hetero) is 1. The van der Waals surface area contributed by atoms with Gasteiger partial charge in [0, 0.05) is 20.3 Å². The van der Waals surface area contributed by atoms with E-state index in [9.17, 15) is 9.90 Å². The molecule has 1 N–H and O–H groups in total. The van der Waals surface area contributed by atoms with Crippen molar-refractivity contribution in [2.75, 3.05) is 34.9 Å². The van der Waals surface area contributed by atoms with Gasteiger partial charge in [-0.05, 0) is 29.8 Å². The largest absolute Gasteiger partial charge is 0.493 e. The highest BCUT2D eigenvalue weighted by Crippen LogP contribution is 2.39. The fourth-order valence-corrected chi connectivity index (χ4v) is 2.87. The highest BCUT2D eigenvalue weighted by atomic mass is 16.7. The smallest absolute Gasteiger partial charge is 0.199 e. The molecular weight excluding hydrogens is 368 g/mol. The number of hydrogen-bond acceptors (Lipinski definition) is 8. The molecule has 0 amide bonds. The normalized spacial score (nSPS) is 18.2. The molecule has 1 aliphatic heterocycles. The van der Waals surface area contributed by atoms with Gasteiger partial charge in [-0.3, -0.25) is 4.79 Å². The van der Waals surface area contributed by atoms with Crippen LogP contribution in [0.3, 0.4) is 0 Å². The molecule has 2 aromatic rings. The summed E-state index contributed by atoms with van der Waals surface area (Å²) >= 11 is 0. The van der Waals surface area contributed by atoms with Gasteiger partial charge in [-0.25, -0.2) is 0 Å². The number of carbonyl (C=O) groups excluding carboxylic acids is 1. The Hall–Kier alpha value is -2.81. The summed E-state index contributed by atoms with van der Waals surface area (Å²) < 4.78 is 31.9. The number of rotatable bonds is 8. The van der Waals surface area contributed by atoms with Crippen LogP contribution >= 0.6 is 0 Å². The predicted octanol–water partition coefficient (Wildman–Crippen LogP) is 2.34. The number of aliphatic hydroxyl groups is 1. The van der Waals surface area contributed by atoms with Gasteiger partial charge in [0.2, 0.25) is 0 Å². The quantitative estimate of drug-likeness (QED) is 0.687. The Balaban J connectivity index is 1.92. The second-order valence-corrected chi connectivity index (χ2v) is 6.02. The van der Waals surface area contributed by atoms with E-state index in [1.807, 2.05) is 0 Å². The summed E-state index contributed by atoms with van der Waals surface area (Å²) in [7, 11) is 4.53. The van der Waals surface area contributed by atoms with Gasteiger partial charge in [0.05, 0.1) is 12.7 Å². The molecular formula is C20H22O8. The molecule has 0 aromatic heterocycles. The molecule has 0 bridgehead atoms. The summed E-state index contributed by atoms with van der Waals surface area (Å²) in [6.45, 7) is 0.0906. The maximum absolute atomic E-state index is 12.6. The Morgan fingerprint density at radius 1 is 0.964 bits per heavy atom. The first-order valence-electron chi connectivity index (χ1n) is 8.53. The second kappa shape index (κ2) is 8.92. The number of benzene rings is 2. The standard InChI is InChI=1S/C20H22O8/c1-23-10-26-13-5-6-14-16(9-13)28-20(19(22)18(14)21)12-4-7-15(25-3)17(8-12)27-11-24-2/h4-9,19-20,22H,10-11H2,1-3H3. The lowest BCUT2D eigenvalue weighted by Crippen LogP contribution is -2.36. The first kappa shape index (κ1) is 19.9. The summed E-state index contributed by atoms with van der Waals surface area (Å²) in [5.74, 6) is 1.28. The van der Waals surface area contributed by atoms with Crippen molar-refractivity contribution < 1.29 is 38.3 Å². The maximum Gasteiger partial charge on any atom is 0.199 e. The van der Waals surface area contributed by atoms with Crippen molar-refractivity contribution in [3.05, 3.63) is 47.5 Å². The third-order valence-electron chi connectivity index (χ3n) is 4.22. The van der Waals surface area contributed by atoms with Gasteiger partial charge in [0.25, 0.3) is 0 Å². The molecule has 1 aliphatic rings. The molecule has 1 heterocycles. The number of ether oxygens (including phenoxy) is 6. The van der Waals surface area contributed by atoms with Gasteiger partial charge in [-0.15, -0.1) is 0 Å². The van der Waals surface area contributed by atoms with Gasteiger partial charge in [0.1, 0.15) is 11.5 Å². The minimum atomic E-state index is -1.36. The molecule has 0 spiro atoms. The third-order valence-corrected chi connectivity index (χ3v) is 4.22. The molecule has 2 aromatic carbocycles. The lowest BCUT2D eigenvalue weighted by molar-refractivity contribution is 0.0204. The predicted molar refractivity (Wildman–Crippen MR) is 98.2 cm³/mol. The Labute approximate surface area is 162 Å². The summed E-state index contributed by atoms with van der Waals surface area (Å²) in [5, 5.41) is 10.5. The van der Waals surface area contributed by atoms with Crippen LogP contribution in [0.4, 0.5) is 0 Å². The minimum absolute atomic E-state index is 0.0237. The number of hydrogen-bond donors (Lipinski definition) is 1. The van der Waals surface area contributed by atoms with Crippen molar-refractivity contribution in [2.24, 2.45) is 0 Å². The van der Waals surface area contributed by atoms with Gasteiger partial charge < -0.3 is 33.5 Å². The van der Waals surface area contributed by atoms with E-state index in [1.54, 1.807) is 36.4 Å². The van der Waals surface area contributed by atoms with E-state index in [4.69, 9.17) is 28.4 Å². The van der Waals surface area contributed by atoms with Crippen molar-refractivity contribution in [2.45, 2.75) is 12.2 Å². The zero-order chi connectivity index (χ0) is 20.1. The van der Waals surface area contributed by atoms with Crippen LogP contribution in [0.25, 0.3) is 0 Å². The van der Waals surface area contributed by atoms with E-state index >= 15 is 0 Å². The third kappa shape index (κ3) is 4.04. The Bertz CT molecular complexity index is 835. The van der Waals surface area contributed by atoms with Crippen LogP contribution in [0.5, 0.6) is 23.0 Å². The van der Waals surface area contributed by atoms with E-state index in [0.717, 1.165) is 0 Å². The number of aliphatic hydroxyl groups excluding tert-OH is 1. The highest BCUT2D eigenvalue weighted by Gasteiger charge is 2.37. The molecule has 0 radical (unpaired) electrons. The number of ketones is 1. The first-order valence-corrected chi connectivity index (χ1v) is 8.53. The lowest BCUT2D eigenvalue weighted by Gasteiger charge is -2.30. The highest BCUT2D eigenvalue weighted by molar-refractivity contribution is 6.03.